The minimum absolute atomic E-state index is 0.0282. The number of primary amides is 1. The van der Waals surface area contributed by atoms with E-state index >= 15 is 0 Å². The van der Waals surface area contributed by atoms with Crippen LogP contribution < -0.4 is 20.5 Å². The predicted octanol–water partition coefficient (Wildman–Crippen LogP) is 5.73. The lowest BCUT2D eigenvalue weighted by molar-refractivity contribution is -0.134. The molecule has 50 heavy (non-hydrogen) atoms. The Kier molecular flexibility index (Phi) is 11.1. The monoisotopic (exact) mass is 702 g/mol. The van der Waals surface area contributed by atoms with Gasteiger partial charge in [-0.1, -0.05) is 41.9 Å². The summed E-state index contributed by atoms with van der Waals surface area (Å²) in [5, 5.41) is 4.17. The Balaban J connectivity index is 1.22. The number of nitrogens with zero attached hydrogens (tertiary/aromatic N) is 2. The number of fused-ring (bicyclic) bond motifs is 2. The largest absolute Gasteiger partial charge is 0.490 e. The molecule has 2 unspecified atom stereocenters. The third-order valence-corrected chi connectivity index (χ3v) is 10.0. The highest BCUT2D eigenvalue weighted by molar-refractivity contribution is 6.32. The molecular formula is C39H44ClFN4O5. The molecule has 1 saturated heterocycles. The van der Waals surface area contributed by atoms with Gasteiger partial charge in [-0.3, -0.25) is 14.4 Å². The number of hydrogen-bond donors (Lipinski definition) is 2. The number of nitrogens with two attached hydrogens (primary N) is 1. The fraction of sp³-hybridized carbons (Fsp3) is 0.410. The van der Waals surface area contributed by atoms with E-state index in [4.69, 9.17) is 26.8 Å². The SMILES string of the molecule is Cc1cc(Cl)c(OCCOc2ccc(C3=C(C(=O)N(Cc4ccccc4F)C4CC4)C4CN(C(=O)CCCC(N)=O)CC(C3)N4)cc2)cc1C. The maximum absolute atomic E-state index is 14.8. The molecule has 1 saturated carbocycles. The summed E-state index contributed by atoms with van der Waals surface area (Å²) in [4.78, 5) is 42.7. The first-order valence-electron chi connectivity index (χ1n) is 17.3. The van der Waals surface area contributed by atoms with Crippen molar-refractivity contribution in [2.75, 3.05) is 26.3 Å². The summed E-state index contributed by atoms with van der Waals surface area (Å²) in [6, 6.07) is 17.6. The standard InChI is InChI=1S/C39H44ClFN4O5/c1-24-18-32(40)35(19-25(24)2)50-17-16-49-30-14-10-26(11-15-30)31-20-28-22-44(37(47)9-5-8-36(42)46)23-34(43-28)38(31)39(48)45(29-12-13-29)21-27-6-3-4-7-33(27)41/h3-4,6-7,10-11,14-15,18-19,28-29,34,43H,5,8-9,12-13,16-17,20-23H2,1-2H3,(H2,42,46). The molecule has 9 nitrogen and oxygen atoms in total. The van der Waals surface area contributed by atoms with Gasteiger partial charge in [0.15, 0.2) is 0 Å². The second-order valence-electron chi connectivity index (χ2n) is 13.5. The smallest absolute Gasteiger partial charge is 0.252 e. The number of nitrogens with one attached hydrogen (secondary N) is 1. The van der Waals surface area contributed by atoms with Crippen molar-refractivity contribution in [2.45, 2.75) is 77.0 Å². The molecule has 2 bridgehead atoms. The Morgan fingerprint density at radius 3 is 2.42 bits per heavy atom. The van der Waals surface area contributed by atoms with Crippen LogP contribution in [0.4, 0.5) is 4.39 Å². The molecule has 11 heteroatoms. The highest BCUT2D eigenvalue weighted by Crippen LogP contribution is 2.38. The van der Waals surface area contributed by atoms with Gasteiger partial charge in [0.05, 0.1) is 11.1 Å². The van der Waals surface area contributed by atoms with Gasteiger partial charge in [-0.15, -0.1) is 0 Å². The maximum Gasteiger partial charge on any atom is 0.252 e. The number of aryl methyl sites for hydroxylation is 2. The van der Waals surface area contributed by atoms with Crippen molar-refractivity contribution in [1.29, 1.82) is 0 Å². The van der Waals surface area contributed by atoms with Crippen molar-refractivity contribution in [2.24, 2.45) is 5.73 Å². The summed E-state index contributed by atoms with van der Waals surface area (Å²) in [5.41, 5.74) is 10.4. The number of rotatable bonds is 14. The van der Waals surface area contributed by atoms with Gasteiger partial charge in [0.25, 0.3) is 5.91 Å². The molecular weight excluding hydrogens is 659 g/mol. The van der Waals surface area contributed by atoms with Crippen LogP contribution in [0, 0.1) is 19.7 Å². The number of amides is 3. The third kappa shape index (κ3) is 8.47. The van der Waals surface area contributed by atoms with Crippen molar-refractivity contribution in [3.05, 3.63) is 99.3 Å². The van der Waals surface area contributed by atoms with Gasteiger partial charge in [-0.2, -0.15) is 0 Å². The second-order valence-corrected chi connectivity index (χ2v) is 13.9. The van der Waals surface area contributed by atoms with Crippen molar-refractivity contribution in [1.82, 2.24) is 15.1 Å². The minimum atomic E-state index is -0.433. The summed E-state index contributed by atoms with van der Waals surface area (Å²) in [7, 11) is 0. The lowest BCUT2D eigenvalue weighted by Gasteiger charge is -2.45. The number of ether oxygens (including phenoxy) is 2. The number of halogens is 2. The zero-order chi connectivity index (χ0) is 35.4. The topological polar surface area (TPSA) is 114 Å². The third-order valence-electron chi connectivity index (χ3n) is 9.71. The van der Waals surface area contributed by atoms with Crippen LogP contribution in [0.25, 0.3) is 5.57 Å². The molecule has 3 N–H and O–H groups in total. The van der Waals surface area contributed by atoms with Crippen molar-refractivity contribution < 1.29 is 28.2 Å². The van der Waals surface area contributed by atoms with Gasteiger partial charge >= 0.3 is 0 Å². The molecule has 1 aliphatic carbocycles. The molecule has 264 valence electrons. The molecule has 2 atom stereocenters. The molecule has 3 amide bonds. The van der Waals surface area contributed by atoms with Gasteiger partial charge in [0.2, 0.25) is 11.8 Å². The summed E-state index contributed by atoms with van der Waals surface area (Å²) < 4.78 is 26.6. The number of hydrogen-bond acceptors (Lipinski definition) is 6. The average Bonchev–Trinajstić information content (AvgIpc) is 3.93. The Bertz CT molecular complexity index is 1780. The molecule has 2 aliphatic heterocycles. The molecule has 3 aromatic rings. The fourth-order valence-corrected chi connectivity index (χ4v) is 7.06. The summed E-state index contributed by atoms with van der Waals surface area (Å²) in [6.45, 7) is 5.63. The molecule has 2 fully saturated rings. The first-order valence-corrected chi connectivity index (χ1v) is 17.7. The number of benzene rings is 3. The van der Waals surface area contributed by atoms with E-state index < -0.39 is 11.9 Å². The zero-order valence-electron chi connectivity index (χ0n) is 28.6. The second kappa shape index (κ2) is 15.6. The van der Waals surface area contributed by atoms with E-state index in [1.165, 1.54) is 6.07 Å². The predicted molar refractivity (Wildman–Crippen MR) is 190 cm³/mol. The number of carbonyl (C=O) groups excluding carboxylic acids is 3. The van der Waals surface area contributed by atoms with Crippen LogP contribution in [0.5, 0.6) is 11.5 Å². The minimum Gasteiger partial charge on any atom is -0.490 e. The highest BCUT2D eigenvalue weighted by atomic mass is 35.5. The number of carbonyl (C=O) groups is 3. The highest BCUT2D eigenvalue weighted by Gasteiger charge is 2.43. The van der Waals surface area contributed by atoms with E-state index in [0.29, 0.717) is 66.8 Å². The zero-order valence-corrected chi connectivity index (χ0v) is 29.3. The van der Waals surface area contributed by atoms with Crippen LogP contribution in [0.3, 0.4) is 0 Å². The van der Waals surface area contributed by atoms with Crippen LogP contribution in [0.15, 0.2) is 66.2 Å². The Hall–Kier alpha value is -4.41. The first kappa shape index (κ1) is 35.4. The number of piperazine rings is 1. The Morgan fingerprint density at radius 1 is 0.980 bits per heavy atom. The van der Waals surface area contributed by atoms with E-state index in [0.717, 1.165) is 35.1 Å². The molecule has 2 heterocycles. The van der Waals surface area contributed by atoms with Gasteiger partial charge < -0.3 is 30.3 Å². The molecule has 3 aliphatic rings. The summed E-state index contributed by atoms with van der Waals surface area (Å²) in [5.74, 6) is 0.303. The Labute approximate surface area is 297 Å². The molecule has 0 radical (unpaired) electrons. The Morgan fingerprint density at radius 2 is 1.70 bits per heavy atom. The lowest BCUT2D eigenvalue weighted by Crippen LogP contribution is -2.62. The van der Waals surface area contributed by atoms with Crippen LogP contribution in [0.1, 0.15) is 60.8 Å². The van der Waals surface area contributed by atoms with Gasteiger partial charge in [-0.05, 0) is 92.1 Å². The average molecular weight is 703 g/mol. The summed E-state index contributed by atoms with van der Waals surface area (Å²) in [6.07, 6.45) is 3.01. The lowest BCUT2D eigenvalue weighted by atomic mass is 9.82. The van der Waals surface area contributed by atoms with Gasteiger partial charge in [0, 0.05) is 55.7 Å². The van der Waals surface area contributed by atoms with Gasteiger partial charge in [0.1, 0.15) is 30.5 Å². The van der Waals surface area contributed by atoms with E-state index in [1.807, 2.05) is 50.2 Å². The van der Waals surface area contributed by atoms with Gasteiger partial charge in [-0.25, -0.2) is 4.39 Å². The van der Waals surface area contributed by atoms with E-state index in [2.05, 4.69) is 5.32 Å². The first-order chi connectivity index (χ1) is 24.1. The van der Waals surface area contributed by atoms with E-state index in [-0.39, 0.29) is 49.1 Å². The van der Waals surface area contributed by atoms with Crippen LogP contribution in [-0.4, -0.2) is 72.0 Å². The molecule has 0 spiro atoms. The van der Waals surface area contributed by atoms with Crippen molar-refractivity contribution >= 4 is 34.9 Å². The van der Waals surface area contributed by atoms with Crippen molar-refractivity contribution in [3.63, 3.8) is 0 Å². The molecule has 6 rings (SSSR count). The van der Waals surface area contributed by atoms with E-state index in [1.54, 1.807) is 28.0 Å². The normalized spacial score (nSPS) is 18.5. The van der Waals surface area contributed by atoms with Crippen LogP contribution in [-0.2, 0) is 20.9 Å². The van der Waals surface area contributed by atoms with Crippen LogP contribution >= 0.6 is 11.6 Å². The van der Waals surface area contributed by atoms with E-state index in [9.17, 15) is 18.8 Å². The quantitative estimate of drug-likeness (QED) is 0.208. The molecule has 0 aromatic heterocycles. The summed E-state index contributed by atoms with van der Waals surface area (Å²) >= 11 is 6.35. The fourth-order valence-electron chi connectivity index (χ4n) is 6.79. The van der Waals surface area contributed by atoms with Crippen molar-refractivity contribution in [3.8, 4) is 11.5 Å². The molecule has 3 aromatic carbocycles. The van der Waals surface area contributed by atoms with Crippen LogP contribution in [0.2, 0.25) is 5.02 Å². The maximum atomic E-state index is 14.8.